The van der Waals surface area contributed by atoms with Gasteiger partial charge >= 0.3 is 0 Å². The third kappa shape index (κ3) is 3.72. The molecule has 0 spiro atoms. The highest BCUT2D eigenvalue weighted by Crippen LogP contribution is 2.37. The lowest BCUT2D eigenvalue weighted by Gasteiger charge is -2.19. The Kier molecular flexibility index (Phi) is 5.56. The molecule has 7 heteroatoms. The van der Waals surface area contributed by atoms with E-state index in [-0.39, 0.29) is 12.7 Å². The summed E-state index contributed by atoms with van der Waals surface area (Å²) in [4.78, 5) is 14.5. The molecule has 0 bridgehead atoms. The van der Waals surface area contributed by atoms with Crippen molar-refractivity contribution in [2.45, 2.75) is 13.5 Å². The number of ether oxygens (including phenoxy) is 4. The fourth-order valence-electron chi connectivity index (χ4n) is 2.76. The van der Waals surface area contributed by atoms with Gasteiger partial charge in [0.05, 0.1) is 18.2 Å². The van der Waals surface area contributed by atoms with Crippen LogP contribution in [-0.2, 0) is 6.54 Å². The zero-order chi connectivity index (χ0) is 18.7. The van der Waals surface area contributed by atoms with Gasteiger partial charge in [-0.3, -0.25) is 4.79 Å². The SMILES string of the molecule is CCOc1cc(C(=O)N(C)Cc2ccc3c(c2)OCO3)cc(Br)c1OC. The Hall–Kier alpha value is -2.41. The number of rotatable bonds is 6. The molecule has 0 aromatic heterocycles. The van der Waals surface area contributed by atoms with E-state index in [2.05, 4.69) is 15.9 Å². The van der Waals surface area contributed by atoms with Gasteiger partial charge in [-0.1, -0.05) is 6.07 Å². The largest absolute Gasteiger partial charge is 0.492 e. The average Bonchev–Trinajstić information content (AvgIpc) is 3.08. The maximum Gasteiger partial charge on any atom is 0.254 e. The van der Waals surface area contributed by atoms with Gasteiger partial charge < -0.3 is 23.8 Å². The highest BCUT2D eigenvalue weighted by Gasteiger charge is 2.19. The van der Waals surface area contributed by atoms with Crippen LogP contribution >= 0.6 is 15.9 Å². The van der Waals surface area contributed by atoms with E-state index in [9.17, 15) is 4.79 Å². The van der Waals surface area contributed by atoms with Gasteiger partial charge in [-0.25, -0.2) is 0 Å². The fraction of sp³-hybridized carbons (Fsp3) is 0.316. The second kappa shape index (κ2) is 7.86. The molecule has 0 N–H and O–H groups in total. The van der Waals surface area contributed by atoms with E-state index in [1.807, 2.05) is 25.1 Å². The van der Waals surface area contributed by atoms with E-state index in [1.165, 1.54) is 0 Å². The summed E-state index contributed by atoms with van der Waals surface area (Å²) in [7, 11) is 3.32. The number of nitrogens with zero attached hydrogens (tertiary/aromatic N) is 1. The van der Waals surface area contributed by atoms with Crippen LogP contribution in [0.25, 0.3) is 0 Å². The zero-order valence-corrected chi connectivity index (χ0v) is 16.5. The molecular formula is C19H20BrNO5. The van der Waals surface area contributed by atoms with Crippen LogP contribution in [0, 0.1) is 0 Å². The van der Waals surface area contributed by atoms with Crippen LogP contribution < -0.4 is 18.9 Å². The first-order valence-corrected chi connectivity index (χ1v) is 8.97. The van der Waals surface area contributed by atoms with Gasteiger partial charge in [-0.2, -0.15) is 0 Å². The van der Waals surface area contributed by atoms with Crippen molar-refractivity contribution >= 4 is 21.8 Å². The van der Waals surface area contributed by atoms with Crippen molar-refractivity contribution in [1.82, 2.24) is 4.90 Å². The van der Waals surface area contributed by atoms with E-state index in [0.717, 1.165) is 11.3 Å². The highest BCUT2D eigenvalue weighted by atomic mass is 79.9. The number of amides is 1. The molecule has 2 aromatic carbocycles. The van der Waals surface area contributed by atoms with E-state index in [1.54, 1.807) is 31.2 Å². The Morgan fingerprint density at radius 3 is 2.73 bits per heavy atom. The van der Waals surface area contributed by atoms with Gasteiger partial charge in [0.25, 0.3) is 5.91 Å². The van der Waals surface area contributed by atoms with Crippen LogP contribution in [0.1, 0.15) is 22.8 Å². The van der Waals surface area contributed by atoms with E-state index in [0.29, 0.717) is 40.4 Å². The summed E-state index contributed by atoms with van der Waals surface area (Å²) in [5, 5.41) is 0. The normalized spacial score (nSPS) is 12.0. The number of hydrogen-bond donors (Lipinski definition) is 0. The Morgan fingerprint density at radius 1 is 1.23 bits per heavy atom. The molecule has 0 saturated heterocycles. The molecular weight excluding hydrogens is 402 g/mol. The molecule has 0 aliphatic carbocycles. The predicted molar refractivity (Wildman–Crippen MR) is 100 cm³/mol. The quantitative estimate of drug-likeness (QED) is 0.708. The van der Waals surface area contributed by atoms with Gasteiger partial charge in [0.1, 0.15) is 0 Å². The molecule has 0 radical (unpaired) electrons. The number of fused-ring (bicyclic) bond motifs is 1. The summed E-state index contributed by atoms with van der Waals surface area (Å²) >= 11 is 3.44. The van der Waals surface area contributed by atoms with Crippen molar-refractivity contribution in [2.24, 2.45) is 0 Å². The molecule has 26 heavy (non-hydrogen) atoms. The summed E-state index contributed by atoms with van der Waals surface area (Å²) in [6, 6.07) is 9.10. The number of methoxy groups -OCH3 is 1. The summed E-state index contributed by atoms with van der Waals surface area (Å²) in [5.41, 5.74) is 1.48. The average molecular weight is 422 g/mol. The first kappa shape index (κ1) is 18.4. The lowest BCUT2D eigenvalue weighted by molar-refractivity contribution is 0.0784. The molecule has 1 aliphatic rings. The summed E-state index contributed by atoms with van der Waals surface area (Å²) in [5.74, 6) is 2.41. The van der Waals surface area contributed by atoms with Crippen molar-refractivity contribution in [1.29, 1.82) is 0 Å². The minimum atomic E-state index is -0.119. The van der Waals surface area contributed by atoms with Crippen molar-refractivity contribution in [2.75, 3.05) is 27.6 Å². The van der Waals surface area contributed by atoms with Gasteiger partial charge in [0.2, 0.25) is 6.79 Å². The predicted octanol–water partition coefficient (Wildman–Crippen LogP) is 3.86. The second-order valence-corrected chi connectivity index (χ2v) is 6.63. The molecule has 0 atom stereocenters. The van der Waals surface area contributed by atoms with Crippen molar-refractivity contribution in [3.05, 3.63) is 45.9 Å². The third-order valence-corrected chi connectivity index (χ3v) is 4.55. The van der Waals surface area contributed by atoms with Crippen molar-refractivity contribution in [3.63, 3.8) is 0 Å². The monoisotopic (exact) mass is 421 g/mol. The summed E-state index contributed by atoms with van der Waals surface area (Å²) in [6.07, 6.45) is 0. The van der Waals surface area contributed by atoms with Crippen LogP contribution in [0.4, 0.5) is 0 Å². The minimum absolute atomic E-state index is 0.119. The molecule has 0 unspecified atom stereocenters. The van der Waals surface area contributed by atoms with Gasteiger partial charge in [-0.15, -0.1) is 0 Å². The molecule has 3 rings (SSSR count). The van der Waals surface area contributed by atoms with E-state index in [4.69, 9.17) is 18.9 Å². The van der Waals surface area contributed by atoms with E-state index < -0.39 is 0 Å². The lowest BCUT2D eigenvalue weighted by atomic mass is 10.1. The topological polar surface area (TPSA) is 57.2 Å². The van der Waals surface area contributed by atoms with Crippen LogP contribution in [0.15, 0.2) is 34.8 Å². The van der Waals surface area contributed by atoms with Gasteiger partial charge in [-0.05, 0) is 52.7 Å². The number of hydrogen-bond acceptors (Lipinski definition) is 5. The second-order valence-electron chi connectivity index (χ2n) is 5.77. The van der Waals surface area contributed by atoms with Gasteiger partial charge in [0.15, 0.2) is 23.0 Å². The molecule has 2 aromatic rings. The standard InChI is InChI=1S/C19H20BrNO5/c1-4-24-17-9-13(8-14(20)18(17)23-3)19(22)21(2)10-12-5-6-15-16(7-12)26-11-25-15/h5-9H,4,10-11H2,1-3H3. The van der Waals surface area contributed by atoms with Crippen LogP contribution in [0.2, 0.25) is 0 Å². The Bertz CT molecular complexity index is 824. The summed E-state index contributed by atoms with van der Waals surface area (Å²) in [6.45, 7) is 3.04. The maximum absolute atomic E-state index is 12.8. The number of carbonyl (C=O) groups excluding carboxylic acids is 1. The Labute approximate surface area is 160 Å². The van der Waals surface area contributed by atoms with E-state index >= 15 is 0 Å². The van der Waals surface area contributed by atoms with Crippen LogP contribution in [0.3, 0.4) is 0 Å². The number of benzene rings is 2. The molecule has 1 amide bonds. The minimum Gasteiger partial charge on any atom is -0.492 e. The molecule has 1 aliphatic heterocycles. The summed E-state index contributed by atoms with van der Waals surface area (Å²) < 4.78 is 22.3. The van der Waals surface area contributed by atoms with Crippen LogP contribution in [0.5, 0.6) is 23.0 Å². The molecule has 0 saturated carbocycles. The molecule has 1 heterocycles. The molecule has 0 fully saturated rings. The highest BCUT2D eigenvalue weighted by molar-refractivity contribution is 9.10. The Morgan fingerprint density at radius 2 is 2.00 bits per heavy atom. The zero-order valence-electron chi connectivity index (χ0n) is 14.9. The maximum atomic E-state index is 12.8. The molecule has 138 valence electrons. The van der Waals surface area contributed by atoms with Crippen molar-refractivity contribution < 1.29 is 23.7 Å². The smallest absolute Gasteiger partial charge is 0.254 e. The number of halogens is 1. The fourth-order valence-corrected chi connectivity index (χ4v) is 3.36. The van der Waals surface area contributed by atoms with Gasteiger partial charge in [0, 0.05) is 19.2 Å². The molecule has 6 nitrogen and oxygen atoms in total. The first-order valence-electron chi connectivity index (χ1n) is 8.17. The van der Waals surface area contributed by atoms with Crippen LogP contribution in [-0.4, -0.2) is 38.4 Å². The number of carbonyl (C=O) groups is 1. The van der Waals surface area contributed by atoms with Crippen molar-refractivity contribution in [3.8, 4) is 23.0 Å². The first-order chi connectivity index (χ1) is 12.5. The third-order valence-electron chi connectivity index (χ3n) is 3.96. The Balaban J connectivity index is 1.79. The lowest BCUT2D eigenvalue weighted by Crippen LogP contribution is -2.26.